The number of alkyl halides is 3. The second kappa shape index (κ2) is 11.6. The summed E-state index contributed by atoms with van der Waals surface area (Å²) < 4.78 is 81.0. The summed E-state index contributed by atoms with van der Waals surface area (Å²) in [7, 11) is 0. The minimum absolute atomic E-state index is 0.0680. The van der Waals surface area contributed by atoms with Crippen molar-refractivity contribution >= 4 is 10.8 Å². The molecule has 0 saturated carbocycles. The lowest BCUT2D eigenvalue weighted by Gasteiger charge is -2.11. The van der Waals surface area contributed by atoms with Crippen LogP contribution in [0.25, 0.3) is 10.8 Å². The maximum Gasteiger partial charge on any atom is 0.393 e. The summed E-state index contributed by atoms with van der Waals surface area (Å²) in [4.78, 5) is 0. The van der Waals surface area contributed by atoms with Crippen LogP contribution in [0.4, 0.5) is 26.3 Å². The van der Waals surface area contributed by atoms with Gasteiger partial charge in [0.25, 0.3) is 0 Å². The minimum atomic E-state index is -4.72. The molecule has 0 atom stereocenters. The molecule has 4 rings (SSSR count). The Balaban J connectivity index is 1.47. The highest BCUT2D eigenvalue weighted by Crippen LogP contribution is 2.27. The Bertz CT molecular complexity index is 1500. The average molecular weight is 523 g/mol. The lowest BCUT2D eigenvalue weighted by Crippen LogP contribution is -2.14. The normalized spacial score (nSPS) is 11.3. The van der Waals surface area contributed by atoms with Crippen molar-refractivity contribution in [2.45, 2.75) is 38.3 Å². The molecule has 0 aliphatic carbocycles. The largest absolute Gasteiger partial charge is 0.393 e. The molecule has 4 aromatic rings. The van der Waals surface area contributed by atoms with Crippen molar-refractivity contribution in [1.29, 1.82) is 0 Å². The zero-order valence-corrected chi connectivity index (χ0v) is 20.4. The van der Waals surface area contributed by atoms with Crippen LogP contribution in [0.1, 0.15) is 39.8 Å². The van der Waals surface area contributed by atoms with Crippen LogP contribution in [0.2, 0.25) is 0 Å². The van der Waals surface area contributed by atoms with Gasteiger partial charge in [-0.3, -0.25) is 0 Å². The monoisotopic (exact) mass is 522 g/mol. The van der Waals surface area contributed by atoms with Crippen molar-refractivity contribution in [2.24, 2.45) is 0 Å². The summed E-state index contributed by atoms with van der Waals surface area (Å²) >= 11 is 0. The van der Waals surface area contributed by atoms with Gasteiger partial charge in [0.1, 0.15) is 17.5 Å². The summed E-state index contributed by atoms with van der Waals surface area (Å²) in [6.45, 7) is 3.73. The number of fused-ring (bicyclic) bond motifs is 1. The van der Waals surface area contributed by atoms with E-state index in [9.17, 15) is 22.0 Å². The Labute approximate surface area is 217 Å². The lowest BCUT2D eigenvalue weighted by atomic mass is 9.98. The summed E-state index contributed by atoms with van der Waals surface area (Å²) in [6.07, 6.45) is -2.49. The number of allylic oxidation sites excluding steroid dienone is 1. The fourth-order valence-corrected chi connectivity index (χ4v) is 4.22. The predicted molar refractivity (Wildman–Crippen MR) is 138 cm³/mol. The number of halogens is 6. The van der Waals surface area contributed by atoms with Crippen LogP contribution in [0.5, 0.6) is 0 Å². The molecule has 0 aromatic heterocycles. The molecule has 0 fully saturated rings. The number of benzene rings is 4. The third kappa shape index (κ3) is 6.86. The smallest absolute Gasteiger partial charge is 0.207 e. The van der Waals surface area contributed by atoms with Gasteiger partial charge in [0, 0.05) is 22.1 Å². The molecule has 4 aromatic carbocycles. The molecule has 0 amide bonds. The van der Waals surface area contributed by atoms with Crippen molar-refractivity contribution < 1.29 is 26.3 Å². The van der Waals surface area contributed by atoms with Gasteiger partial charge >= 0.3 is 6.18 Å². The first-order valence-electron chi connectivity index (χ1n) is 12.1. The van der Waals surface area contributed by atoms with Crippen LogP contribution < -0.4 is 0 Å². The van der Waals surface area contributed by atoms with E-state index in [1.54, 1.807) is 30.3 Å². The molecule has 0 heterocycles. The predicted octanol–water partition coefficient (Wildman–Crippen LogP) is 8.67. The Morgan fingerprint density at radius 2 is 1.37 bits per heavy atom. The molecule has 6 heteroatoms. The van der Waals surface area contributed by atoms with Gasteiger partial charge in [-0.2, -0.15) is 13.2 Å². The van der Waals surface area contributed by atoms with Crippen molar-refractivity contribution in [1.82, 2.24) is 0 Å². The highest BCUT2D eigenvalue weighted by atomic mass is 19.4. The molecule has 0 unspecified atom stereocenters. The molecule has 0 bridgehead atoms. The molecule has 0 nitrogen and oxygen atoms in total. The molecule has 0 spiro atoms. The third-order valence-corrected chi connectivity index (χ3v) is 6.24. The van der Waals surface area contributed by atoms with Gasteiger partial charge in [-0.15, -0.1) is 6.58 Å². The van der Waals surface area contributed by atoms with E-state index in [0.29, 0.717) is 16.3 Å². The first-order chi connectivity index (χ1) is 18.1. The Morgan fingerprint density at radius 3 is 2.03 bits per heavy atom. The van der Waals surface area contributed by atoms with E-state index in [1.807, 2.05) is 30.3 Å². The van der Waals surface area contributed by atoms with Crippen LogP contribution in [0, 0.1) is 29.3 Å². The van der Waals surface area contributed by atoms with Gasteiger partial charge in [0.05, 0.1) is 6.42 Å². The van der Waals surface area contributed by atoms with E-state index in [-0.39, 0.29) is 18.4 Å². The van der Waals surface area contributed by atoms with E-state index in [0.717, 1.165) is 36.1 Å². The van der Waals surface area contributed by atoms with Crippen molar-refractivity contribution in [2.75, 3.05) is 0 Å². The van der Waals surface area contributed by atoms with Crippen molar-refractivity contribution in [3.8, 4) is 11.8 Å². The zero-order chi connectivity index (χ0) is 27.3. The van der Waals surface area contributed by atoms with Crippen LogP contribution in [-0.4, -0.2) is 6.18 Å². The summed E-state index contributed by atoms with van der Waals surface area (Å²) in [5.41, 5.74) is 2.29. The topological polar surface area (TPSA) is 0 Å². The van der Waals surface area contributed by atoms with E-state index >= 15 is 4.39 Å². The fraction of sp³-hybridized carbons (Fsp3) is 0.188. The Kier molecular flexibility index (Phi) is 8.26. The first kappa shape index (κ1) is 27.1. The number of hydrogen-bond acceptors (Lipinski definition) is 0. The minimum Gasteiger partial charge on any atom is -0.207 e. The number of hydrogen-bond donors (Lipinski definition) is 0. The SMILES string of the molecule is C=CCCc1ccc(C#Cc2ccc3c(F)c(CCc4cc(F)c(CC(F)(F)F)c(F)c4)ccc3c2)cc1. The van der Waals surface area contributed by atoms with Gasteiger partial charge < -0.3 is 0 Å². The standard InChI is InChI=1S/C32H24F6/c1-2-3-4-21-5-7-22(8-6-21)9-10-23-12-16-27-26(17-23)15-14-25(31(27)35)13-11-24-18-29(33)28(30(34)19-24)20-32(36,37)38/h2,5-8,12,14-19H,1,3-4,11,13,20H2. The highest BCUT2D eigenvalue weighted by molar-refractivity contribution is 5.85. The maximum absolute atomic E-state index is 15.2. The second-order valence-electron chi connectivity index (χ2n) is 9.08. The van der Waals surface area contributed by atoms with E-state index in [1.165, 1.54) is 5.56 Å². The van der Waals surface area contributed by atoms with Gasteiger partial charge in [0.15, 0.2) is 0 Å². The van der Waals surface area contributed by atoms with E-state index in [4.69, 9.17) is 0 Å². The maximum atomic E-state index is 15.2. The quantitative estimate of drug-likeness (QED) is 0.129. The van der Waals surface area contributed by atoms with Crippen LogP contribution in [0.15, 0.2) is 79.4 Å². The Morgan fingerprint density at radius 1 is 0.711 bits per heavy atom. The zero-order valence-electron chi connectivity index (χ0n) is 20.4. The van der Waals surface area contributed by atoms with E-state index < -0.39 is 35.6 Å². The molecular formula is C32H24F6. The number of aryl methyl sites for hydroxylation is 3. The molecule has 38 heavy (non-hydrogen) atoms. The second-order valence-corrected chi connectivity index (χ2v) is 9.08. The Hall–Kier alpha value is -3.98. The van der Waals surface area contributed by atoms with Crippen LogP contribution in [0.3, 0.4) is 0 Å². The lowest BCUT2D eigenvalue weighted by molar-refractivity contribution is -0.128. The van der Waals surface area contributed by atoms with Crippen LogP contribution >= 0.6 is 0 Å². The molecule has 0 radical (unpaired) electrons. The third-order valence-electron chi connectivity index (χ3n) is 6.24. The highest BCUT2D eigenvalue weighted by Gasteiger charge is 2.31. The average Bonchev–Trinajstić information content (AvgIpc) is 2.88. The molecule has 194 valence electrons. The first-order valence-corrected chi connectivity index (χ1v) is 12.1. The van der Waals surface area contributed by atoms with Crippen LogP contribution in [-0.2, 0) is 25.7 Å². The van der Waals surface area contributed by atoms with Gasteiger partial charge in [0.2, 0.25) is 0 Å². The number of rotatable bonds is 7. The summed E-state index contributed by atoms with van der Waals surface area (Å²) in [6, 6.07) is 18.2. The molecule has 0 N–H and O–H groups in total. The van der Waals surface area contributed by atoms with Gasteiger partial charge in [-0.05, 0) is 84.2 Å². The van der Waals surface area contributed by atoms with Gasteiger partial charge in [-0.25, -0.2) is 13.2 Å². The van der Waals surface area contributed by atoms with Crippen molar-refractivity contribution in [3.63, 3.8) is 0 Å². The van der Waals surface area contributed by atoms with Crippen molar-refractivity contribution in [3.05, 3.63) is 130 Å². The molecule has 0 aliphatic rings. The molecule has 0 aliphatic heterocycles. The molecular weight excluding hydrogens is 498 g/mol. The molecule has 0 saturated heterocycles. The van der Waals surface area contributed by atoms with Gasteiger partial charge in [-0.1, -0.05) is 48.2 Å². The summed E-state index contributed by atoms with van der Waals surface area (Å²) in [5, 5.41) is 1.05. The van der Waals surface area contributed by atoms with E-state index in [2.05, 4.69) is 18.4 Å². The fourth-order valence-electron chi connectivity index (χ4n) is 4.22. The summed E-state index contributed by atoms with van der Waals surface area (Å²) in [5.74, 6) is 3.24.